The quantitative estimate of drug-likeness (QED) is 0.941. The number of benzene rings is 1. The van der Waals surface area contributed by atoms with Gasteiger partial charge in [-0.2, -0.15) is 11.8 Å². The summed E-state index contributed by atoms with van der Waals surface area (Å²) < 4.78 is 15.6. The van der Waals surface area contributed by atoms with E-state index in [0.29, 0.717) is 11.5 Å². The van der Waals surface area contributed by atoms with Crippen molar-refractivity contribution in [3.8, 4) is 0 Å². The molecule has 96 valence electrons. The summed E-state index contributed by atoms with van der Waals surface area (Å²) in [5.41, 5.74) is 7.29. The minimum absolute atomic E-state index is 0.109. The van der Waals surface area contributed by atoms with Gasteiger partial charge in [0.05, 0.1) is 16.1 Å². The summed E-state index contributed by atoms with van der Waals surface area (Å²) in [6.45, 7) is 0.804. The van der Waals surface area contributed by atoms with E-state index in [1.807, 2.05) is 16.3 Å². The normalized spacial score (nSPS) is 17.3. The summed E-state index contributed by atoms with van der Waals surface area (Å²) in [5, 5.41) is 0.109. The summed E-state index contributed by atoms with van der Waals surface area (Å²) in [6, 6.07) is 2.94. The van der Waals surface area contributed by atoms with Crippen molar-refractivity contribution in [3.05, 3.63) is 23.0 Å². The topological polar surface area (TPSA) is 43.8 Å². The third-order valence-corrected chi connectivity index (χ3v) is 5.20. The Morgan fingerprint density at radius 1 is 1.56 bits per heavy atom. The first-order chi connectivity index (χ1) is 8.54. The van der Waals surface area contributed by atoms with Gasteiger partial charge in [-0.25, -0.2) is 9.37 Å². The van der Waals surface area contributed by atoms with Crippen LogP contribution in [-0.4, -0.2) is 20.6 Å². The molecule has 0 bridgehead atoms. The highest BCUT2D eigenvalue weighted by atomic mass is 35.5. The van der Waals surface area contributed by atoms with Gasteiger partial charge in [0.2, 0.25) is 5.95 Å². The molecule has 1 saturated carbocycles. The molecule has 1 aromatic carbocycles. The highest BCUT2D eigenvalue weighted by Gasteiger charge is 2.42. The number of imidazole rings is 1. The molecule has 6 heteroatoms. The molecule has 1 heterocycles. The Labute approximate surface area is 114 Å². The van der Waals surface area contributed by atoms with E-state index in [0.717, 1.165) is 12.1 Å². The predicted molar refractivity (Wildman–Crippen MR) is 74.6 cm³/mol. The molecule has 0 unspecified atom stereocenters. The maximum absolute atomic E-state index is 13.4. The Hall–Kier alpha value is -0.940. The van der Waals surface area contributed by atoms with Crippen molar-refractivity contribution >= 4 is 40.3 Å². The first-order valence-electron chi connectivity index (χ1n) is 5.71. The number of fused-ring (bicyclic) bond motifs is 1. The van der Waals surface area contributed by atoms with Crippen LogP contribution in [0.1, 0.15) is 12.8 Å². The van der Waals surface area contributed by atoms with E-state index < -0.39 is 5.82 Å². The molecule has 1 aliphatic rings. The van der Waals surface area contributed by atoms with Crippen molar-refractivity contribution < 1.29 is 4.39 Å². The molecule has 0 atom stereocenters. The number of halogens is 2. The Morgan fingerprint density at radius 3 is 2.89 bits per heavy atom. The maximum atomic E-state index is 13.4. The molecule has 3 nitrogen and oxygen atoms in total. The number of nitrogens with zero attached hydrogens (tertiary/aromatic N) is 2. The molecular weight excluding hydrogens is 273 g/mol. The van der Waals surface area contributed by atoms with Gasteiger partial charge in [-0.15, -0.1) is 0 Å². The van der Waals surface area contributed by atoms with E-state index in [1.54, 1.807) is 6.07 Å². The second-order valence-corrected chi connectivity index (χ2v) is 6.38. The number of hydrogen-bond acceptors (Lipinski definition) is 3. The summed E-state index contributed by atoms with van der Waals surface area (Å²) in [6.07, 6.45) is 4.47. The van der Waals surface area contributed by atoms with Crippen LogP contribution < -0.4 is 5.73 Å². The van der Waals surface area contributed by atoms with Crippen molar-refractivity contribution in [1.29, 1.82) is 0 Å². The number of thioether (sulfide) groups is 1. The van der Waals surface area contributed by atoms with Gasteiger partial charge in [-0.3, -0.25) is 0 Å². The Morgan fingerprint density at radius 2 is 2.28 bits per heavy atom. The molecule has 0 radical (unpaired) electrons. The van der Waals surface area contributed by atoms with E-state index in [9.17, 15) is 4.39 Å². The zero-order valence-electron chi connectivity index (χ0n) is 9.91. The van der Waals surface area contributed by atoms with Gasteiger partial charge in [0, 0.05) is 17.4 Å². The minimum Gasteiger partial charge on any atom is -0.369 e. The summed E-state index contributed by atoms with van der Waals surface area (Å²) >= 11 is 7.68. The van der Waals surface area contributed by atoms with Crippen LogP contribution in [0.15, 0.2) is 12.1 Å². The van der Waals surface area contributed by atoms with E-state index in [1.165, 1.54) is 18.9 Å². The van der Waals surface area contributed by atoms with Gasteiger partial charge < -0.3 is 10.3 Å². The predicted octanol–water partition coefficient (Wildman–Crippen LogP) is 3.31. The lowest BCUT2D eigenvalue weighted by Crippen LogP contribution is -2.15. The standard InChI is InChI=1S/C12H13ClFN3S/c1-18-12(2-3-12)6-17-10-4-7(13)8(14)5-9(10)16-11(17)15/h4-5H,2-3,6H2,1H3,(H2,15,16). The first-order valence-corrected chi connectivity index (χ1v) is 7.31. The lowest BCUT2D eigenvalue weighted by atomic mass is 10.3. The van der Waals surface area contributed by atoms with E-state index in [-0.39, 0.29) is 9.77 Å². The van der Waals surface area contributed by atoms with Gasteiger partial charge in [0.1, 0.15) is 5.82 Å². The van der Waals surface area contributed by atoms with Gasteiger partial charge in [0.25, 0.3) is 0 Å². The molecule has 1 fully saturated rings. The highest BCUT2D eigenvalue weighted by Crippen LogP contribution is 2.49. The number of aromatic nitrogens is 2. The Balaban J connectivity index is 2.10. The van der Waals surface area contributed by atoms with Crippen LogP contribution in [-0.2, 0) is 6.54 Å². The van der Waals surface area contributed by atoms with Crippen molar-refractivity contribution in [3.63, 3.8) is 0 Å². The molecular formula is C12H13ClFN3S. The summed E-state index contributed by atoms with van der Waals surface area (Å²) in [4.78, 5) is 4.19. The number of nitrogen functional groups attached to an aromatic ring is 1. The Bertz CT molecular complexity index is 621. The number of hydrogen-bond donors (Lipinski definition) is 1. The fourth-order valence-electron chi connectivity index (χ4n) is 2.16. The second kappa shape index (κ2) is 4.03. The van der Waals surface area contributed by atoms with Gasteiger partial charge in [-0.1, -0.05) is 11.6 Å². The smallest absolute Gasteiger partial charge is 0.201 e. The van der Waals surface area contributed by atoms with Crippen molar-refractivity contribution in [2.75, 3.05) is 12.0 Å². The van der Waals surface area contributed by atoms with Crippen LogP contribution in [0.5, 0.6) is 0 Å². The van der Waals surface area contributed by atoms with Gasteiger partial charge in [-0.05, 0) is 25.2 Å². The first kappa shape index (κ1) is 12.1. The van der Waals surface area contributed by atoms with Gasteiger partial charge in [0.15, 0.2) is 0 Å². The van der Waals surface area contributed by atoms with E-state index in [4.69, 9.17) is 17.3 Å². The second-order valence-electron chi connectivity index (χ2n) is 4.70. The molecule has 1 aliphatic carbocycles. The maximum Gasteiger partial charge on any atom is 0.201 e. The van der Waals surface area contributed by atoms with Crippen LogP contribution in [0.3, 0.4) is 0 Å². The highest BCUT2D eigenvalue weighted by molar-refractivity contribution is 8.00. The molecule has 0 spiro atoms. The van der Waals surface area contributed by atoms with Crippen LogP contribution >= 0.6 is 23.4 Å². The third-order valence-electron chi connectivity index (χ3n) is 3.51. The monoisotopic (exact) mass is 285 g/mol. The van der Waals surface area contributed by atoms with Crippen molar-refractivity contribution in [1.82, 2.24) is 9.55 Å². The molecule has 2 N–H and O–H groups in total. The van der Waals surface area contributed by atoms with Crippen molar-refractivity contribution in [2.24, 2.45) is 0 Å². The number of nitrogens with two attached hydrogens (primary N) is 1. The zero-order valence-corrected chi connectivity index (χ0v) is 11.5. The lowest BCUT2D eigenvalue weighted by molar-refractivity contribution is 0.629. The average Bonchev–Trinajstić information content (AvgIpc) is 3.05. The third kappa shape index (κ3) is 1.86. The molecule has 1 aromatic heterocycles. The summed E-state index contributed by atoms with van der Waals surface area (Å²) in [5.74, 6) is -0.0354. The van der Waals surface area contributed by atoms with Crippen LogP contribution in [0.2, 0.25) is 5.02 Å². The minimum atomic E-state index is -0.459. The van der Waals surface area contributed by atoms with E-state index in [2.05, 4.69) is 11.2 Å². The fraction of sp³-hybridized carbons (Fsp3) is 0.417. The molecule has 0 amide bonds. The van der Waals surface area contributed by atoms with E-state index >= 15 is 0 Å². The molecule has 0 saturated heterocycles. The van der Waals surface area contributed by atoms with Crippen molar-refractivity contribution in [2.45, 2.75) is 24.1 Å². The van der Waals surface area contributed by atoms with Crippen LogP contribution in [0, 0.1) is 5.82 Å². The SMILES string of the molecule is CSC1(Cn2c(N)nc3cc(F)c(Cl)cc32)CC1. The number of anilines is 1. The lowest BCUT2D eigenvalue weighted by Gasteiger charge is -2.14. The summed E-state index contributed by atoms with van der Waals surface area (Å²) in [7, 11) is 0. The molecule has 18 heavy (non-hydrogen) atoms. The number of rotatable bonds is 3. The Kier molecular flexibility index (Phi) is 2.71. The average molecular weight is 286 g/mol. The molecule has 3 rings (SSSR count). The van der Waals surface area contributed by atoms with Gasteiger partial charge >= 0.3 is 0 Å². The molecule has 2 aromatic rings. The fourth-order valence-corrected chi connectivity index (χ4v) is 3.09. The molecule has 0 aliphatic heterocycles. The van der Waals surface area contributed by atoms with Crippen LogP contribution in [0.25, 0.3) is 11.0 Å². The van der Waals surface area contributed by atoms with Crippen LogP contribution in [0.4, 0.5) is 10.3 Å². The largest absolute Gasteiger partial charge is 0.369 e. The zero-order chi connectivity index (χ0) is 12.9.